The van der Waals surface area contributed by atoms with E-state index in [0.717, 1.165) is 36.3 Å². The molecule has 3 rings (SSSR count). The lowest BCUT2D eigenvalue weighted by molar-refractivity contribution is 0.300. The standard InChI is InChI=1S/C18H22N2O3S/c21-24(22)12-5-1-4-11-20(24)14-16-7-6-9-18(13-16)23-15-17-8-2-3-10-19-17/h2-3,6-10,13H,1,4-5,11-12,14-15H2. The van der Waals surface area contributed by atoms with E-state index < -0.39 is 10.0 Å². The van der Waals surface area contributed by atoms with Crippen LogP contribution >= 0.6 is 0 Å². The van der Waals surface area contributed by atoms with Crippen LogP contribution in [0.25, 0.3) is 0 Å². The van der Waals surface area contributed by atoms with Crippen LogP contribution in [0.4, 0.5) is 0 Å². The van der Waals surface area contributed by atoms with Crippen LogP contribution in [0.15, 0.2) is 48.7 Å². The summed E-state index contributed by atoms with van der Waals surface area (Å²) in [5.74, 6) is 0.980. The van der Waals surface area contributed by atoms with Gasteiger partial charge in [-0.3, -0.25) is 4.98 Å². The molecule has 0 saturated carbocycles. The van der Waals surface area contributed by atoms with Crippen molar-refractivity contribution in [2.45, 2.75) is 32.4 Å². The number of sulfonamides is 1. The van der Waals surface area contributed by atoms with Gasteiger partial charge >= 0.3 is 0 Å². The van der Waals surface area contributed by atoms with Crippen LogP contribution < -0.4 is 4.74 Å². The first-order valence-electron chi connectivity index (χ1n) is 8.23. The van der Waals surface area contributed by atoms with Crippen molar-refractivity contribution < 1.29 is 13.2 Å². The highest BCUT2D eigenvalue weighted by Gasteiger charge is 2.24. The molecule has 24 heavy (non-hydrogen) atoms. The average molecular weight is 346 g/mol. The molecule has 2 heterocycles. The fourth-order valence-corrected chi connectivity index (χ4v) is 4.35. The smallest absolute Gasteiger partial charge is 0.214 e. The number of benzene rings is 1. The number of hydrogen-bond donors (Lipinski definition) is 0. The topological polar surface area (TPSA) is 59.5 Å². The van der Waals surface area contributed by atoms with E-state index >= 15 is 0 Å². The molecule has 6 heteroatoms. The third-order valence-corrected chi connectivity index (χ3v) is 5.98. The molecule has 1 aliphatic heterocycles. The Bertz CT molecular complexity index is 763. The first-order valence-corrected chi connectivity index (χ1v) is 9.84. The average Bonchev–Trinajstić information content (AvgIpc) is 2.75. The lowest BCUT2D eigenvalue weighted by atomic mass is 10.2. The number of pyridine rings is 1. The van der Waals surface area contributed by atoms with Crippen molar-refractivity contribution >= 4 is 10.0 Å². The SMILES string of the molecule is O=S1(=O)CCCCCN1Cc1cccc(OCc2ccccn2)c1. The first-order chi connectivity index (χ1) is 11.6. The molecule has 0 bridgehead atoms. The Balaban J connectivity index is 1.66. The first kappa shape index (κ1) is 16.9. The molecule has 0 N–H and O–H groups in total. The zero-order valence-electron chi connectivity index (χ0n) is 13.6. The number of nitrogens with zero attached hydrogens (tertiary/aromatic N) is 2. The van der Waals surface area contributed by atoms with Gasteiger partial charge in [0.2, 0.25) is 10.0 Å². The van der Waals surface area contributed by atoms with E-state index in [-0.39, 0.29) is 5.75 Å². The fourth-order valence-electron chi connectivity index (χ4n) is 2.77. The van der Waals surface area contributed by atoms with E-state index in [1.165, 1.54) is 0 Å². The van der Waals surface area contributed by atoms with Gasteiger partial charge in [0, 0.05) is 19.3 Å². The molecule has 0 atom stereocenters. The van der Waals surface area contributed by atoms with Crippen LogP contribution in [-0.2, 0) is 23.2 Å². The van der Waals surface area contributed by atoms with E-state index in [1.54, 1.807) is 10.5 Å². The van der Waals surface area contributed by atoms with Crippen LogP contribution in [0.1, 0.15) is 30.5 Å². The molecule has 1 aromatic heterocycles. The summed E-state index contributed by atoms with van der Waals surface area (Å²) in [4.78, 5) is 4.23. The molecule has 0 radical (unpaired) electrons. The number of ether oxygens (including phenoxy) is 1. The Morgan fingerprint density at radius 3 is 2.83 bits per heavy atom. The molecular weight excluding hydrogens is 324 g/mol. The van der Waals surface area contributed by atoms with Crippen LogP contribution in [0.2, 0.25) is 0 Å². The minimum absolute atomic E-state index is 0.253. The molecule has 2 aromatic rings. The molecule has 1 aliphatic rings. The lowest BCUT2D eigenvalue weighted by Gasteiger charge is -2.20. The fraction of sp³-hybridized carbons (Fsp3) is 0.389. The van der Waals surface area contributed by atoms with Gasteiger partial charge in [0.05, 0.1) is 11.4 Å². The Morgan fingerprint density at radius 2 is 2.00 bits per heavy atom. The highest BCUT2D eigenvalue weighted by Crippen LogP contribution is 2.20. The summed E-state index contributed by atoms with van der Waals surface area (Å²) in [6.07, 6.45) is 4.39. The van der Waals surface area contributed by atoms with Crippen molar-refractivity contribution in [1.82, 2.24) is 9.29 Å². The van der Waals surface area contributed by atoms with Crippen LogP contribution in [0.3, 0.4) is 0 Å². The van der Waals surface area contributed by atoms with Gasteiger partial charge in [-0.25, -0.2) is 8.42 Å². The summed E-state index contributed by atoms with van der Waals surface area (Å²) in [5.41, 5.74) is 1.80. The van der Waals surface area contributed by atoms with Gasteiger partial charge < -0.3 is 4.74 Å². The van der Waals surface area contributed by atoms with Crippen LogP contribution in [0, 0.1) is 0 Å². The van der Waals surface area contributed by atoms with E-state index in [2.05, 4.69) is 4.98 Å². The maximum Gasteiger partial charge on any atom is 0.214 e. The van der Waals surface area contributed by atoms with Crippen LogP contribution in [-0.4, -0.2) is 30.0 Å². The lowest BCUT2D eigenvalue weighted by Crippen LogP contribution is -2.31. The van der Waals surface area contributed by atoms with Gasteiger partial charge in [-0.1, -0.05) is 24.6 Å². The van der Waals surface area contributed by atoms with Crippen molar-refractivity contribution in [2.75, 3.05) is 12.3 Å². The summed E-state index contributed by atoms with van der Waals surface area (Å²) in [5, 5.41) is 0. The van der Waals surface area contributed by atoms with Crippen LogP contribution in [0.5, 0.6) is 5.75 Å². The van der Waals surface area contributed by atoms with Crippen molar-refractivity contribution in [2.24, 2.45) is 0 Å². The van der Waals surface area contributed by atoms with Gasteiger partial charge in [0.25, 0.3) is 0 Å². The van der Waals surface area contributed by atoms with Crippen molar-refractivity contribution in [3.63, 3.8) is 0 Å². The van der Waals surface area contributed by atoms with E-state index in [9.17, 15) is 8.42 Å². The summed E-state index contributed by atoms with van der Waals surface area (Å²) in [6, 6.07) is 13.3. The monoisotopic (exact) mass is 346 g/mol. The maximum atomic E-state index is 12.3. The van der Waals surface area contributed by atoms with E-state index in [1.807, 2.05) is 42.5 Å². The molecule has 1 aromatic carbocycles. The third kappa shape index (κ3) is 4.55. The Hall–Kier alpha value is -1.92. The number of aromatic nitrogens is 1. The normalized spacial score (nSPS) is 18.0. The minimum atomic E-state index is -3.14. The summed E-state index contributed by atoms with van der Waals surface area (Å²) < 4.78 is 31.9. The van der Waals surface area contributed by atoms with Gasteiger partial charge in [0.1, 0.15) is 12.4 Å². The Morgan fingerprint density at radius 1 is 1.08 bits per heavy atom. The Labute approximate surface area is 143 Å². The summed E-state index contributed by atoms with van der Waals surface area (Å²) >= 11 is 0. The highest BCUT2D eigenvalue weighted by molar-refractivity contribution is 7.89. The quantitative estimate of drug-likeness (QED) is 0.835. The largest absolute Gasteiger partial charge is 0.487 e. The molecule has 128 valence electrons. The second-order valence-electron chi connectivity index (χ2n) is 5.97. The molecular formula is C18H22N2O3S. The second-order valence-corrected chi connectivity index (χ2v) is 8.06. The van der Waals surface area contributed by atoms with Gasteiger partial charge in [-0.2, -0.15) is 4.31 Å². The summed E-state index contributed by atoms with van der Waals surface area (Å²) in [7, 11) is -3.14. The van der Waals surface area contributed by atoms with Crippen molar-refractivity contribution in [1.29, 1.82) is 0 Å². The summed E-state index contributed by atoms with van der Waals surface area (Å²) in [6.45, 7) is 1.40. The van der Waals surface area contributed by atoms with E-state index in [4.69, 9.17) is 4.74 Å². The second kappa shape index (κ2) is 7.77. The van der Waals surface area contributed by atoms with Gasteiger partial charge in [-0.05, 0) is 42.7 Å². The molecule has 5 nitrogen and oxygen atoms in total. The van der Waals surface area contributed by atoms with Gasteiger partial charge in [-0.15, -0.1) is 0 Å². The zero-order valence-corrected chi connectivity index (χ0v) is 14.4. The maximum absolute atomic E-state index is 12.3. The number of hydrogen-bond acceptors (Lipinski definition) is 4. The van der Waals surface area contributed by atoms with Gasteiger partial charge in [0.15, 0.2) is 0 Å². The predicted octanol–water partition coefficient (Wildman–Crippen LogP) is 2.98. The van der Waals surface area contributed by atoms with Crippen molar-refractivity contribution in [3.05, 3.63) is 59.9 Å². The molecule has 0 spiro atoms. The molecule has 0 unspecified atom stereocenters. The highest BCUT2D eigenvalue weighted by atomic mass is 32.2. The molecule has 1 fully saturated rings. The molecule has 1 saturated heterocycles. The molecule has 0 amide bonds. The Kier molecular flexibility index (Phi) is 5.48. The molecule has 0 aliphatic carbocycles. The van der Waals surface area contributed by atoms with E-state index in [0.29, 0.717) is 19.7 Å². The minimum Gasteiger partial charge on any atom is -0.487 e. The zero-order chi connectivity index (χ0) is 16.8. The van der Waals surface area contributed by atoms with Crippen molar-refractivity contribution in [3.8, 4) is 5.75 Å². The predicted molar refractivity (Wildman–Crippen MR) is 93.1 cm³/mol. The third-order valence-electron chi connectivity index (χ3n) is 4.07. The number of rotatable bonds is 5.